The number of nitrogens with one attached hydrogen (secondary N) is 1. The first kappa shape index (κ1) is 14.2. The summed E-state index contributed by atoms with van der Waals surface area (Å²) >= 11 is 5.81. The summed E-state index contributed by atoms with van der Waals surface area (Å²) in [5, 5.41) is 3.47. The minimum absolute atomic E-state index is 0.102. The summed E-state index contributed by atoms with van der Waals surface area (Å²) in [6, 6.07) is 0. The van der Waals surface area contributed by atoms with Crippen LogP contribution in [0.5, 0.6) is 0 Å². The van der Waals surface area contributed by atoms with E-state index in [1.165, 1.54) is 38.5 Å². The van der Waals surface area contributed by atoms with Crippen LogP contribution < -0.4 is 5.32 Å². The normalized spacial score (nSPS) is 12.0. The molecule has 0 spiro atoms. The van der Waals surface area contributed by atoms with Gasteiger partial charge in [0, 0.05) is 11.4 Å². The smallest absolute Gasteiger partial charge is 0.0400 e. The van der Waals surface area contributed by atoms with Crippen LogP contribution >= 0.6 is 11.6 Å². The summed E-state index contributed by atoms with van der Waals surface area (Å²) in [5.74, 6) is 0.683. The number of hydrogen-bond acceptors (Lipinski definition) is 1. The zero-order valence-corrected chi connectivity index (χ0v) is 10.8. The van der Waals surface area contributed by atoms with Gasteiger partial charge in [0.15, 0.2) is 0 Å². The molecule has 1 N–H and O–H groups in total. The van der Waals surface area contributed by atoms with Crippen molar-refractivity contribution in [1.29, 1.82) is 0 Å². The highest BCUT2D eigenvalue weighted by molar-refractivity contribution is 6.18. The molecule has 0 rings (SSSR count). The van der Waals surface area contributed by atoms with Gasteiger partial charge < -0.3 is 5.32 Å². The molecule has 0 bridgehead atoms. The molecule has 0 aromatic carbocycles. The number of rotatable bonds is 9. The quantitative estimate of drug-likeness (QED) is 0.457. The summed E-state index contributed by atoms with van der Waals surface area (Å²) in [5.41, 5.74) is 0.102. The van der Waals surface area contributed by atoms with Crippen molar-refractivity contribution >= 4 is 11.6 Å². The van der Waals surface area contributed by atoms with Crippen LogP contribution in [0, 0.1) is 0 Å². The molecule has 0 aromatic rings. The molecule has 0 aromatic heterocycles. The summed E-state index contributed by atoms with van der Waals surface area (Å²) in [4.78, 5) is 0. The molecule has 0 atom stereocenters. The Bertz CT molecular complexity index is 123. The van der Waals surface area contributed by atoms with E-state index in [1.807, 2.05) is 0 Å². The Morgan fingerprint density at radius 3 is 2.14 bits per heavy atom. The molecule has 1 nitrogen and oxygen atoms in total. The monoisotopic (exact) mass is 219 g/mol. The van der Waals surface area contributed by atoms with Gasteiger partial charge in [-0.25, -0.2) is 0 Å². The third-order valence-electron chi connectivity index (χ3n) is 2.47. The predicted octanol–water partition coefficient (Wildman–Crippen LogP) is 3.95. The van der Waals surface area contributed by atoms with Crippen LogP contribution in [-0.4, -0.2) is 18.0 Å². The van der Waals surface area contributed by atoms with Gasteiger partial charge in [-0.1, -0.05) is 39.0 Å². The van der Waals surface area contributed by atoms with Gasteiger partial charge in [-0.05, 0) is 26.8 Å². The van der Waals surface area contributed by atoms with E-state index in [9.17, 15) is 0 Å². The average molecular weight is 220 g/mol. The highest BCUT2D eigenvalue weighted by atomic mass is 35.5. The molecule has 0 fully saturated rings. The van der Waals surface area contributed by atoms with Gasteiger partial charge in [-0.3, -0.25) is 0 Å². The third-order valence-corrected chi connectivity index (χ3v) is 3.14. The predicted molar refractivity (Wildman–Crippen MR) is 66.2 cm³/mol. The topological polar surface area (TPSA) is 12.0 Å². The molecule has 86 valence electrons. The average Bonchev–Trinajstić information content (AvgIpc) is 2.16. The fraction of sp³-hybridized carbons (Fsp3) is 1.00. The van der Waals surface area contributed by atoms with Crippen molar-refractivity contribution in [3.63, 3.8) is 0 Å². The number of alkyl halides is 1. The molecule has 0 saturated carbocycles. The van der Waals surface area contributed by atoms with Crippen LogP contribution in [0.25, 0.3) is 0 Å². The van der Waals surface area contributed by atoms with Crippen molar-refractivity contribution in [2.75, 3.05) is 12.4 Å². The molecule has 0 unspecified atom stereocenters. The lowest BCUT2D eigenvalue weighted by Gasteiger charge is -2.23. The van der Waals surface area contributed by atoms with Crippen LogP contribution in [0.15, 0.2) is 0 Å². The van der Waals surface area contributed by atoms with Crippen molar-refractivity contribution in [2.24, 2.45) is 0 Å². The second kappa shape index (κ2) is 8.55. The first-order chi connectivity index (χ1) is 6.62. The second-order valence-corrected chi connectivity index (χ2v) is 4.98. The Kier molecular flexibility index (Phi) is 8.70. The summed E-state index contributed by atoms with van der Waals surface area (Å²) < 4.78 is 0. The van der Waals surface area contributed by atoms with E-state index in [0.29, 0.717) is 5.88 Å². The van der Waals surface area contributed by atoms with E-state index in [2.05, 4.69) is 26.1 Å². The van der Waals surface area contributed by atoms with E-state index in [1.54, 1.807) is 0 Å². The first-order valence-corrected chi connectivity index (χ1v) is 6.47. The van der Waals surface area contributed by atoms with Crippen molar-refractivity contribution < 1.29 is 0 Å². The van der Waals surface area contributed by atoms with Gasteiger partial charge in [0.2, 0.25) is 0 Å². The number of unbranched alkanes of at least 4 members (excludes halogenated alkanes) is 5. The van der Waals surface area contributed by atoms with Gasteiger partial charge in [0.05, 0.1) is 0 Å². The molecular formula is C12H26ClN. The Balaban J connectivity index is 3.13. The van der Waals surface area contributed by atoms with E-state index in [0.717, 1.165) is 6.54 Å². The van der Waals surface area contributed by atoms with E-state index in [4.69, 9.17) is 11.6 Å². The second-order valence-electron chi connectivity index (χ2n) is 4.71. The minimum atomic E-state index is 0.102. The maximum absolute atomic E-state index is 5.81. The highest BCUT2D eigenvalue weighted by Gasteiger charge is 2.13. The summed E-state index contributed by atoms with van der Waals surface area (Å²) in [7, 11) is 0. The SMILES string of the molecule is CCCCCCCCNC(C)(C)CCl. The molecule has 0 aliphatic heterocycles. The lowest BCUT2D eigenvalue weighted by Crippen LogP contribution is -2.41. The Labute approximate surface area is 94.6 Å². The van der Waals surface area contributed by atoms with Gasteiger partial charge in [-0.2, -0.15) is 0 Å². The fourth-order valence-electron chi connectivity index (χ4n) is 1.38. The molecule has 14 heavy (non-hydrogen) atoms. The molecule has 0 radical (unpaired) electrons. The third kappa shape index (κ3) is 8.83. The van der Waals surface area contributed by atoms with Crippen molar-refractivity contribution in [2.45, 2.75) is 64.8 Å². The van der Waals surface area contributed by atoms with Gasteiger partial charge in [0.1, 0.15) is 0 Å². The van der Waals surface area contributed by atoms with E-state index >= 15 is 0 Å². The molecule has 0 aliphatic carbocycles. The van der Waals surface area contributed by atoms with Crippen molar-refractivity contribution in [1.82, 2.24) is 5.32 Å². The zero-order valence-electron chi connectivity index (χ0n) is 10.0. The van der Waals surface area contributed by atoms with Crippen molar-refractivity contribution in [3.05, 3.63) is 0 Å². The lowest BCUT2D eigenvalue weighted by molar-refractivity contribution is 0.420. The highest BCUT2D eigenvalue weighted by Crippen LogP contribution is 2.07. The molecule has 0 amide bonds. The molecular weight excluding hydrogens is 194 g/mol. The van der Waals surface area contributed by atoms with Crippen LogP contribution in [-0.2, 0) is 0 Å². The molecule has 0 saturated heterocycles. The zero-order chi connectivity index (χ0) is 10.9. The van der Waals surface area contributed by atoms with Crippen LogP contribution in [0.1, 0.15) is 59.3 Å². The fourth-order valence-corrected chi connectivity index (χ4v) is 1.47. The molecule has 2 heteroatoms. The maximum Gasteiger partial charge on any atom is 0.0400 e. The Hall–Kier alpha value is 0.250. The van der Waals surface area contributed by atoms with E-state index < -0.39 is 0 Å². The first-order valence-electron chi connectivity index (χ1n) is 5.93. The standard InChI is InChI=1S/C12H26ClN/c1-4-5-6-7-8-9-10-14-12(2,3)11-13/h14H,4-11H2,1-3H3. The minimum Gasteiger partial charge on any atom is -0.311 e. The van der Waals surface area contributed by atoms with Crippen LogP contribution in [0.2, 0.25) is 0 Å². The molecule has 0 aliphatic rings. The number of hydrogen-bond donors (Lipinski definition) is 1. The van der Waals surface area contributed by atoms with E-state index in [-0.39, 0.29) is 5.54 Å². The largest absolute Gasteiger partial charge is 0.311 e. The Morgan fingerprint density at radius 1 is 1.00 bits per heavy atom. The molecule has 0 heterocycles. The Morgan fingerprint density at radius 2 is 1.57 bits per heavy atom. The van der Waals surface area contributed by atoms with Crippen LogP contribution in [0.3, 0.4) is 0 Å². The lowest BCUT2D eigenvalue weighted by atomic mass is 10.1. The van der Waals surface area contributed by atoms with Gasteiger partial charge in [0.25, 0.3) is 0 Å². The summed E-state index contributed by atoms with van der Waals surface area (Å²) in [6.45, 7) is 7.66. The van der Waals surface area contributed by atoms with Gasteiger partial charge >= 0.3 is 0 Å². The maximum atomic E-state index is 5.81. The van der Waals surface area contributed by atoms with Gasteiger partial charge in [-0.15, -0.1) is 11.6 Å². The summed E-state index contributed by atoms with van der Waals surface area (Å²) in [6.07, 6.45) is 8.14. The van der Waals surface area contributed by atoms with Crippen LogP contribution in [0.4, 0.5) is 0 Å². The van der Waals surface area contributed by atoms with Crippen molar-refractivity contribution in [3.8, 4) is 0 Å². The number of halogens is 1.